The van der Waals surface area contributed by atoms with Crippen LogP contribution >= 0.6 is 0 Å². The van der Waals surface area contributed by atoms with Crippen molar-refractivity contribution < 1.29 is 9.53 Å². The predicted octanol–water partition coefficient (Wildman–Crippen LogP) is 5.38. The molecule has 0 saturated carbocycles. The molecule has 0 saturated heterocycles. The molecular formula is C26H25N3O2. The molecule has 4 rings (SSSR count). The van der Waals surface area contributed by atoms with Crippen molar-refractivity contribution >= 4 is 11.6 Å². The Morgan fingerprint density at radius 1 is 0.903 bits per heavy atom. The average molecular weight is 412 g/mol. The van der Waals surface area contributed by atoms with Gasteiger partial charge in [0, 0.05) is 11.9 Å². The second kappa shape index (κ2) is 9.30. The molecule has 0 fully saturated rings. The van der Waals surface area contributed by atoms with Gasteiger partial charge in [-0.25, -0.2) is 0 Å². The molecule has 0 aliphatic heterocycles. The maximum Gasteiger partial charge on any atom is 0.262 e. The number of nitrogens with zero attached hydrogens (tertiary/aromatic N) is 2. The topological polar surface area (TPSA) is 56.2 Å². The van der Waals surface area contributed by atoms with Gasteiger partial charge in [0.15, 0.2) is 0 Å². The number of hydrogen-bond donors (Lipinski definition) is 1. The lowest BCUT2D eigenvalue weighted by Gasteiger charge is -2.08. The third-order valence-corrected chi connectivity index (χ3v) is 5.14. The van der Waals surface area contributed by atoms with E-state index < -0.39 is 0 Å². The van der Waals surface area contributed by atoms with Crippen molar-refractivity contribution in [3.63, 3.8) is 0 Å². The summed E-state index contributed by atoms with van der Waals surface area (Å²) in [5.41, 5.74) is 5.57. The Morgan fingerprint density at radius 2 is 1.58 bits per heavy atom. The summed E-state index contributed by atoms with van der Waals surface area (Å²) in [6, 6.07) is 25.7. The van der Waals surface area contributed by atoms with Crippen molar-refractivity contribution in [1.82, 2.24) is 9.78 Å². The van der Waals surface area contributed by atoms with E-state index in [1.54, 1.807) is 10.9 Å². The lowest BCUT2D eigenvalue weighted by molar-refractivity contribution is 0.102. The number of nitrogens with one attached hydrogen (secondary N) is 1. The molecular weight excluding hydrogens is 386 g/mol. The highest BCUT2D eigenvalue weighted by Gasteiger charge is 2.19. The Balaban J connectivity index is 1.58. The van der Waals surface area contributed by atoms with E-state index in [4.69, 9.17) is 4.74 Å². The third kappa shape index (κ3) is 5.20. The molecule has 1 amide bonds. The van der Waals surface area contributed by atoms with E-state index in [0.717, 1.165) is 22.4 Å². The van der Waals surface area contributed by atoms with E-state index in [0.29, 0.717) is 24.6 Å². The molecule has 3 aromatic carbocycles. The zero-order valence-electron chi connectivity index (χ0n) is 17.7. The molecule has 5 heteroatoms. The molecule has 5 nitrogen and oxygen atoms in total. The Bertz CT molecular complexity index is 1170. The van der Waals surface area contributed by atoms with Gasteiger partial charge in [0.05, 0.1) is 6.54 Å². The van der Waals surface area contributed by atoms with Crippen LogP contribution in [0.5, 0.6) is 5.88 Å². The van der Waals surface area contributed by atoms with E-state index in [1.807, 2.05) is 92.7 Å². The van der Waals surface area contributed by atoms with Crippen LogP contribution in [0.25, 0.3) is 0 Å². The van der Waals surface area contributed by atoms with Crippen LogP contribution in [0.1, 0.15) is 32.6 Å². The van der Waals surface area contributed by atoms with E-state index in [-0.39, 0.29) is 5.91 Å². The fourth-order valence-corrected chi connectivity index (χ4v) is 3.26. The standard InChI is InChI=1S/C26H25N3O2/c1-19-13-14-23(15-20(19)2)27-25(30)24-17-29(16-21-9-5-3-6-10-21)28-26(24)31-18-22-11-7-4-8-12-22/h3-15,17H,16,18H2,1-2H3,(H,27,30). The monoisotopic (exact) mass is 411 g/mol. The first-order valence-electron chi connectivity index (χ1n) is 10.3. The highest BCUT2D eigenvalue weighted by Crippen LogP contribution is 2.21. The van der Waals surface area contributed by atoms with Gasteiger partial charge in [-0.2, -0.15) is 0 Å². The quantitative estimate of drug-likeness (QED) is 0.444. The number of ether oxygens (including phenoxy) is 1. The van der Waals surface area contributed by atoms with Crippen LogP contribution < -0.4 is 10.1 Å². The van der Waals surface area contributed by atoms with Gasteiger partial charge in [-0.1, -0.05) is 66.7 Å². The molecule has 0 atom stereocenters. The van der Waals surface area contributed by atoms with Crippen molar-refractivity contribution in [2.24, 2.45) is 0 Å². The summed E-state index contributed by atoms with van der Waals surface area (Å²) in [5, 5.41) is 7.52. The third-order valence-electron chi connectivity index (χ3n) is 5.14. The van der Waals surface area contributed by atoms with E-state index in [1.165, 1.54) is 5.56 Å². The molecule has 0 aliphatic carbocycles. The first kappa shape index (κ1) is 20.4. The van der Waals surface area contributed by atoms with Gasteiger partial charge in [-0.3, -0.25) is 9.48 Å². The molecule has 1 N–H and O–H groups in total. The number of carbonyl (C=O) groups is 1. The molecule has 156 valence electrons. The number of benzene rings is 3. The van der Waals surface area contributed by atoms with Gasteiger partial charge >= 0.3 is 0 Å². The second-order valence-corrected chi connectivity index (χ2v) is 7.56. The molecule has 0 aliphatic rings. The first-order valence-corrected chi connectivity index (χ1v) is 10.3. The normalized spacial score (nSPS) is 10.6. The Kier molecular flexibility index (Phi) is 6.13. The maximum absolute atomic E-state index is 13.1. The molecule has 31 heavy (non-hydrogen) atoms. The first-order chi connectivity index (χ1) is 15.1. The summed E-state index contributed by atoms with van der Waals surface area (Å²) in [6.07, 6.45) is 1.74. The number of amides is 1. The summed E-state index contributed by atoms with van der Waals surface area (Å²) in [7, 11) is 0. The fourth-order valence-electron chi connectivity index (χ4n) is 3.26. The molecule has 4 aromatic rings. The van der Waals surface area contributed by atoms with E-state index in [9.17, 15) is 4.79 Å². The van der Waals surface area contributed by atoms with Crippen LogP contribution in [0.4, 0.5) is 5.69 Å². The number of anilines is 1. The SMILES string of the molecule is Cc1ccc(NC(=O)c2cn(Cc3ccccc3)nc2OCc2ccccc2)cc1C. The Labute approximate surface area is 182 Å². The lowest BCUT2D eigenvalue weighted by Crippen LogP contribution is -2.13. The minimum Gasteiger partial charge on any atom is -0.471 e. The van der Waals surface area contributed by atoms with Crippen LogP contribution in [-0.2, 0) is 13.2 Å². The fraction of sp³-hybridized carbons (Fsp3) is 0.154. The predicted molar refractivity (Wildman–Crippen MR) is 122 cm³/mol. The summed E-state index contributed by atoms with van der Waals surface area (Å²) < 4.78 is 7.69. The van der Waals surface area contributed by atoms with Crippen LogP contribution in [0, 0.1) is 13.8 Å². The average Bonchev–Trinajstić information content (AvgIpc) is 3.19. The molecule has 1 heterocycles. The molecule has 0 bridgehead atoms. The molecule has 0 unspecified atom stereocenters. The highest BCUT2D eigenvalue weighted by atomic mass is 16.5. The van der Waals surface area contributed by atoms with Crippen LogP contribution in [0.2, 0.25) is 0 Å². The van der Waals surface area contributed by atoms with Gasteiger partial charge in [-0.15, -0.1) is 5.10 Å². The summed E-state index contributed by atoms with van der Waals surface area (Å²) in [5.74, 6) is 0.0757. The smallest absolute Gasteiger partial charge is 0.262 e. The summed E-state index contributed by atoms with van der Waals surface area (Å²) >= 11 is 0. The van der Waals surface area contributed by atoms with Crippen molar-refractivity contribution in [3.05, 3.63) is 113 Å². The Morgan fingerprint density at radius 3 is 2.26 bits per heavy atom. The summed E-state index contributed by atoms with van der Waals surface area (Å²) in [4.78, 5) is 13.1. The second-order valence-electron chi connectivity index (χ2n) is 7.56. The Hall–Kier alpha value is -3.86. The number of aryl methyl sites for hydroxylation is 2. The number of rotatable bonds is 7. The van der Waals surface area contributed by atoms with Crippen molar-refractivity contribution in [2.75, 3.05) is 5.32 Å². The molecule has 1 aromatic heterocycles. The number of carbonyl (C=O) groups excluding carboxylic acids is 1. The van der Waals surface area contributed by atoms with Gasteiger partial charge in [0.25, 0.3) is 5.91 Å². The highest BCUT2D eigenvalue weighted by molar-refractivity contribution is 6.05. The van der Waals surface area contributed by atoms with Gasteiger partial charge < -0.3 is 10.1 Å². The lowest BCUT2D eigenvalue weighted by atomic mass is 10.1. The summed E-state index contributed by atoms with van der Waals surface area (Å²) in [6.45, 7) is 4.97. The molecule has 0 radical (unpaired) electrons. The van der Waals surface area contributed by atoms with Gasteiger partial charge in [0.2, 0.25) is 5.88 Å². The van der Waals surface area contributed by atoms with Gasteiger partial charge in [-0.05, 0) is 48.2 Å². The van der Waals surface area contributed by atoms with Crippen LogP contribution in [0.15, 0.2) is 85.1 Å². The van der Waals surface area contributed by atoms with Crippen molar-refractivity contribution in [1.29, 1.82) is 0 Å². The largest absolute Gasteiger partial charge is 0.471 e. The zero-order valence-corrected chi connectivity index (χ0v) is 17.7. The van der Waals surface area contributed by atoms with E-state index in [2.05, 4.69) is 10.4 Å². The minimum atomic E-state index is -0.245. The van der Waals surface area contributed by atoms with E-state index >= 15 is 0 Å². The zero-order chi connectivity index (χ0) is 21.6. The van der Waals surface area contributed by atoms with Crippen LogP contribution in [-0.4, -0.2) is 15.7 Å². The number of hydrogen-bond acceptors (Lipinski definition) is 3. The minimum absolute atomic E-state index is 0.245. The van der Waals surface area contributed by atoms with Gasteiger partial charge in [0.1, 0.15) is 12.2 Å². The molecule has 0 spiro atoms. The number of aromatic nitrogens is 2. The maximum atomic E-state index is 13.1. The van der Waals surface area contributed by atoms with Crippen molar-refractivity contribution in [3.8, 4) is 5.88 Å². The van der Waals surface area contributed by atoms with Crippen LogP contribution in [0.3, 0.4) is 0 Å². The van der Waals surface area contributed by atoms with Crippen molar-refractivity contribution in [2.45, 2.75) is 27.0 Å².